The Kier molecular flexibility index (Phi) is 2.92. The van der Waals surface area contributed by atoms with Crippen LogP contribution in [0.15, 0.2) is 22.3 Å². The van der Waals surface area contributed by atoms with Gasteiger partial charge in [-0.05, 0) is 19.8 Å². The van der Waals surface area contributed by atoms with E-state index < -0.39 is 0 Å². The molecule has 3 aromatic rings. The lowest BCUT2D eigenvalue weighted by Gasteiger charge is -2.21. The van der Waals surface area contributed by atoms with E-state index in [9.17, 15) is 0 Å². The van der Waals surface area contributed by atoms with Gasteiger partial charge in [-0.25, -0.2) is 9.97 Å². The zero-order valence-electron chi connectivity index (χ0n) is 12.0. The van der Waals surface area contributed by atoms with Crippen molar-refractivity contribution in [3.05, 3.63) is 29.4 Å². The summed E-state index contributed by atoms with van der Waals surface area (Å²) in [6.07, 6.45) is 7.39. The molecule has 1 saturated carbocycles. The van der Waals surface area contributed by atoms with Crippen molar-refractivity contribution in [3.8, 4) is 22.0 Å². The fraction of sp³-hybridized carbons (Fsp3) is 0.400. The molecule has 1 fully saturated rings. The van der Waals surface area contributed by atoms with Crippen molar-refractivity contribution in [2.45, 2.75) is 32.1 Å². The second kappa shape index (κ2) is 4.80. The van der Waals surface area contributed by atoms with E-state index in [0.29, 0.717) is 5.92 Å². The molecule has 0 unspecified atom stereocenters. The molecule has 0 radical (unpaired) electrons. The highest BCUT2D eigenvalue weighted by Gasteiger charge is 2.25. The van der Waals surface area contributed by atoms with Crippen molar-refractivity contribution in [1.82, 2.24) is 19.7 Å². The number of aryl methyl sites for hydroxylation is 2. The van der Waals surface area contributed by atoms with Crippen molar-refractivity contribution in [2.75, 3.05) is 0 Å². The van der Waals surface area contributed by atoms with Crippen LogP contribution in [0.3, 0.4) is 0 Å². The summed E-state index contributed by atoms with van der Waals surface area (Å²) in [5.41, 5.74) is 3.86. The summed E-state index contributed by atoms with van der Waals surface area (Å²) in [7, 11) is 1.92. The van der Waals surface area contributed by atoms with Crippen LogP contribution in [0, 0.1) is 6.92 Å². The van der Waals surface area contributed by atoms with E-state index in [1.54, 1.807) is 17.6 Å². The van der Waals surface area contributed by atoms with Gasteiger partial charge in [0.2, 0.25) is 0 Å². The first-order valence-electron chi connectivity index (χ1n) is 7.12. The lowest BCUT2D eigenvalue weighted by atomic mass is 9.85. The van der Waals surface area contributed by atoms with Gasteiger partial charge in [-0.1, -0.05) is 6.42 Å². The van der Waals surface area contributed by atoms with Crippen molar-refractivity contribution >= 4 is 11.3 Å². The third-order valence-corrected chi connectivity index (χ3v) is 4.85. The molecule has 0 aromatic carbocycles. The number of rotatable bonds is 3. The van der Waals surface area contributed by atoms with Gasteiger partial charge in [0.1, 0.15) is 17.0 Å². The van der Waals surface area contributed by atoms with Gasteiger partial charge in [0.05, 0.1) is 11.4 Å². The molecule has 21 heavy (non-hydrogen) atoms. The molecule has 3 aromatic heterocycles. The highest BCUT2D eigenvalue weighted by atomic mass is 32.1. The van der Waals surface area contributed by atoms with E-state index in [2.05, 4.69) is 20.4 Å². The predicted octanol–water partition coefficient (Wildman–Crippen LogP) is 3.77. The lowest BCUT2D eigenvalue weighted by Crippen LogP contribution is -2.08. The van der Waals surface area contributed by atoms with E-state index in [4.69, 9.17) is 4.42 Å². The number of nitrogens with zero attached hydrogens (tertiary/aromatic N) is 4. The van der Waals surface area contributed by atoms with E-state index in [0.717, 1.165) is 33.5 Å². The van der Waals surface area contributed by atoms with Crippen LogP contribution in [0.1, 0.15) is 36.8 Å². The molecular formula is C15H16N4OS. The highest BCUT2D eigenvalue weighted by molar-refractivity contribution is 7.13. The molecule has 5 nitrogen and oxygen atoms in total. The first-order valence-corrected chi connectivity index (χ1v) is 8.00. The molecule has 6 heteroatoms. The number of aromatic nitrogens is 4. The van der Waals surface area contributed by atoms with Crippen LogP contribution in [0.4, 0.5) is 0 Å². The Morgan fingerprint density at radius 2 is 2.14 bits per heavy atom. The van der Waals surface area contributed by atoms with Crippen molar-refractivity contribution in [2.24, 2.45) is 7.05 Å². The van der Waals surface area contributed by atoms with Gasteiger partial charge in [-0.15, -0.1) is 11.3 Å². The van der Waals surface area contributed by atoms with Gasteiger partial charge in [0.15, 0.2) is 5.89 Å². The van der Waals surface area contributed by atoms with Crippen molar-refractivity contribution in [1.29, 1.82) is 0 Å². The second-order valence-corrected chi connectivity index (χ2v) is 6.40. The minimum absolute atomic E-state index is 0.513. The topological polar surface area (TPSA) is 56.7 Å². The molecule has 4 rings (SSSR count). The first kappa shape index (κ1) is 12.8. The Hall–Kier alpha value is -1.95. The predicted molar refractivity (Wildman–Crippen MR) is 81.1 cm³/mol. The molecule has 0 atom stereocenters. The maximum Gasteiger partial charge on any atom is 0.197 e. The standard InChI is InChI=1S/C15H16N4OS/c1-9-11(6-19(2)18-9)13-8-21-15(17-13)12-7-20-14(16-12)10-4-3-5-10/h6-8,10H,3-5H2,1-2H3. The molecule has 0 bridgehead atoms. The minimum Gasteiger partial charge on any atom is -0.448 e. The summed E-state index contributed by atoms with van der Waals surface area (Å²) >= 11 is 1.60. The fourth-order valence-electron chi connectivity index (χ4n) is 2.59. The van der Waals surface area contributed by atoms with Gasteiger partial charge < -0.3 is 4.42 Å². The number of hydrogen-bond acceptors (Lipinski definition) is 5. The summed E-state index contributed by atoms with van der Waals surface area (Å²) < 4.78 is 7.42. The Labute approximate surface area is 126 Å². The number of thiazole rings is 1. The Morgan fingerprint density at radius 1 is 1.29 bits per heavy atom. The highest BCUT2D eigenvalue weighted by Crippen LogP contribution is 2.37. The van der Waals surface area contributed by atoms with Gasteiger partial charge in [0, 0.05) is 30.1 Å². The smallest absolute Gasteiger partial charge is 0.197 e. The van der Waals surface area contributed by atoms with Crippen LogP contribution in [0.25, 0.3) is 22.0 Å². The molecule has 1 aliphatic carbocycles. The van der Waals surface area contributed by atoms with Crippen LogP contribution in [0.5, 0.6) is 0 Å². The van der Waals surface area contributed by atoms with E-state index in [1.165, 1.54) is 19.3 Å². The molecular weight excluding hydrogens is 284 g/mol. The zero-order chi connectivity index (χ0) is 14.4. The summed E-state index contributed by atoms with van der Waals surface area (Å²) in [5.74, 6) is 1.38. The Balaban J connectivity index is 1.64. The second-order valence-electron chi connectivity index (χ2n) is 5.54. The van der Waals surface area contributed by atoms with Crippen LogP contribution in [-0.4, -0.2) is 19.7 Å². The molecule has 1 aliphatic rings. The monoisotopic (exact) mass is 300 g/mol. The van der Waals surface area contributed by atoms with E-state index in [1.807, 2.05) is 24.9 Å². The van der Waals surface area contributed by atoms with Crippen LogP contribution >= 0.6 is 11.3 Å². The van der Waals surface area contributed by atoms with Crippen LogP contribution in [-0.2, 0) is 7.05 Å². The number of oxazole rings is 1. The van der Waals surface area contributed by atoms with E-state index >= 15 is 0 Å². The third-order valence-electron chi connectivity index (χ3n) is 3.99. The maximum atomic E-state index is 5.60. The van der Waals surface area contributed by atoms with Gasteiger partial charge in [-0.2, -0.15) is 5.10 Å². The summed E-state index contributed by atoms with van der Waals surface area (Å²) in [6.45, 7) is 2.00. The zero-order valence-corrected chi connectivity index (χ0v) is 12.9. The van der Waals surface area contributed by atoms with Crippen LogP contribution in [0.2, 0.25) is 0 Å². The minimum atomic E-state index is 0.513. The first-order chi connectivity index (χ1) is 10.2. The van der Waals surface area contributed by atoms with Crippen LogP contribution < -0.4 is 0 Å². The molecule has 0 spiro atoms. The number of hydrogen-bond donors (Lipinski definition) is 0. The quantitative estimate of drug-likeness (QED) is 0.738. The molecule has 108 valence electrons. The molecule has 0 aliphatic heterocycles. The third kappa shape index (κ3) is 2.19. The fourth-order valence-corrected chi connectivity index (χ4v) is 3.36. The largest absolute Gasteiger partial charge is 0.448 e. The summed E-state index contributed by atoms with van der Waals surface area (Å²) in [6, 6.07) is 0. The van der Waals surface area contributed by atoms with Crippen molar-refractivity contribution < 1.29 is 4.42 Å². The summed E-state index contributed by atoms with van der Waals surface area (Å²) in [4.78, 5) is 9.28. The van der Waals surface area contributed by atoms with Gasteiger partial charge in [0.25, 0.3) is 0 Å². The Bertz CT molecular complexity index is 781. The molecule has 0 amide bonds. The van der Waals surface area contributed by atoms with Crippen molar-refractivity contribution in [3.63, 3.8) is 0 Å². The van der Waals surface area contributed by atoms with E-state index in [-0.39, 0.29) is 0 Å². The maximum absolute atomic E-state index is 5.60. The van der Waals surface area contributed by atoms with Gasteiger partial charge in [-0.3, -0.25) is 4.68 Å². The Morgan fingerprint density at radius 3 is 2.81 bits per heavy atom. The average molecular weight is 300 g/mol. The normalized spacial score (nSPS) is 15.3. The van der Waals surface area contributed by atoms with Gasteiger partial charge >= 0.3 is 0 Å². The molecule has 0 saturated heterocycles. The lowest BCUT2D eigenvalue weighted by molar-refractivity contribution is 0.335. The average Bonchev–Trinajstić information content (AvgIpc) is 3.06. The SMILES string of the molecule is Cc1nn(C)cc1-c1csc(-c2coc(C3CCC3)n2)n1. The molecule has 3 heterocycles. The molecule has 0 N–H and O–H groups in total. The summed E-state index contributed by atoms with van der Waals surface area (Å²) in [5, 5.41) is 7.32.